The first-order valence-electron chi connectivity index (χ1n) is 8.56. The van der Waals surface area contributed by atoms with Crippen molar-refractivity contribution in [2.45, 2.75) is 25.2 Å². The van der Waals surface area contributed by atoms with E-state index in [1.165, 1.54) is 0 Å². The maximum Gasteiger partial charge on any atom is 0.226 e. The quantitative estimate of drug-likeness (QED) is 0.408. The highest BCUT2D eigenvalue weighted by atomic mass is 32.2. The number of rotatable bonds is 9. The molecule has 0 aliphatic heterocycles. The molecule has 1 amide bonds. The molecule has 0 unspecified atom stereocenters. The summed E-state index contributed by atoms with van der Waals surface area (Å²) in [5.74, 6) is 0.589. The molecule has 0 aliphatic rings. The van der Waals surface area contributed by atoms with Crippen LogP contribution in [0, 0.1) is 5.41 Å². The first kappa shape index (κ1) is 20.0. The number of ketones is 1. The number of carbonyl (C=O) groups excluding carboxylic acids is 2. The number of hydrogen-bond acceptors (Lipinski definition) is 4. The third-order valence-corrected chi connectivity index (χ3v) is 4.77. The molecule has 0 spiro atoms. The highest BCUT2D eigenvalue weighted by Crippen LogP contribution is 2.24. The van der Waals surface area contributed by atoms with Crippen LogP contribution in [-0.2, 0) is 4.79 Å². The lowest BCUT2D eigenvalue weighted by molar-refractivity contribution is -0.129. The summed E-state index contributed by atoms with van der Waals surface area (Å²) in [5.41, 5.74) is -0.141. The van der Waals surface area contributed by atoms with Crippen LogP contribution in [-0.4, -0.2) is 31.1 Å². The minimum Gasteiger partial charge on any atom is -0.492 e. The molecule has 0 radical (unpaired) electrons. The van der Waals surface area contributed by atoms with E-state index in [-0.39, 0.29) is 18.1 Å². The van der Waals surface area contributed by atoms with Gasteiger partial charge in [-0.2, -0.15) is 0 Å². The number of nitrogens with one attached hydrogen (secondary N) is 1. The minimum absolute atomic E-state index is 0.0293. The van der Waals surface area contributed by atoms with Crippen molar-refractivity contribution >= 4 is 23.5 Å². The van der Waals surface area contributed by atoms with Gasteiger partial charge in [0.15, 0.2) is 5.78 Å². The van der Waals surface area contributed by atoms with E-state index in [0.717, 1.165) is 10.6 Å². The first-order valence-corrected chi connectivity index (χ1v) is 9.78. The first-order chi connectivity index (χ1) is 12.4. The second-order valence-corrected chi connectivity index (χ2v) is 7.51. The summed E-state index contributed by atoms with van der Waals surface area (Å²) in [6.07, 6.45) is 2.16. The second kappa shape index (κ2) is 9.43. The molecule has 0 bridgehead atoms. The van der Waals surface area contributed by atoms with E-state index in [4.69, 9.17) is 4.74 Å². The lowest BCUT2D eigenvalue weighted by Gasteiger charge is -2.23. The van der Waals surface area contributed by atoms with Gasteiger partial charge in [0, 0.05) is 16.9 Å². The van der Waals surface area contributed by atoms with Crippen LogP contribution in [0.25, 0.3) is 0 Å². The van der Waals surface area contributed by atoms with Crippen molar-refractivity contribution in [2.75, 3.05) is 19.4 Å². The Morgan fingerprint density at radius 3 is 2.31 bits per heavy atom. The summed E-state index contributed by atoms with van der Waals surface area (Å²) in [5, 5.41) is 2.85. The van der Waals surface area contributed by atoms with Crippen LogP contribution in [0.3, 0.4) is 0 Å². The van der Waals surface area contributed by atoms with Crippen LogP contribution in [0.15, 0.2) is 59.5 Å². The van der Waals surface area contributed by atoms with Crippen molar-refractivity contribution in [1.29, 1.82) is 0 Å². The van der Waals surface area contributed by atoms with Crippen LogP contribution >= 0.6 is 11.8 Å². The van der Waals surface area contributed by atoms with Crippen molar-refractivity contribution in [3.63, 3.8) is 0 Å². The van der Waals surface area contributed by atoms with Gasteiger partial charge in [0.25, 0.3) is 0 Å². The number of hydrogen-bond donors (Lipinski definition) is 1. The number of ether oxygens (including phenoxy) is 1. The molecule has 0 saturated carbocycles. The SMILES string of the molecule is CSc1ccc(C(=O)CC(C)(C)C(=O)NCCOc2ccccc2)cc1. The van der Waals surface area contributed by atoms with Gasteiger partial charge in [0.05, 0.1) is 12.0 Å². The summed E-state index contributed by atoms with van der Waals surface area (Å²) in [4.78, 5) is 26.0. The molecule has 2 rings (SSSR count). The van der Waals surface area contributed by atoms with Crippen molar-refractivity contribution in [2.24, 2.45) is 5.41 Å². The zero-order valence-electron chi connectivity index (χ0n) is 15.5. The van der Waals surface area contributed by atoms with E-state index in [0.29, 0.717) is 18.7 Å². The molecule has 5 heteroatoms. The molecule has 138 valence electrons. The third-order valence-electron chi connectivity index (χ3n) is 4.03. The fourth-order valence-corrected chi connectivity index (χ4v) is 2.86. The molecule has 0 heterocycles. The smallest absolute Gasteiger partial charge is 0.226 e. The van der Waals surface area contributed by atoms with Gasteiger partial charge < -0.3 is 10.1 Å². The normalized spacial score (nSPS) is 11.0. The summed E-state index contributed by atoms with van der Waals surface area (Å²) < 4.78 is 5.56. The minimum atomic E-state index is -0.776. The van der Waals surface area contributed by atoms with Gasteiger partial charge in [-0.25, -0.2) is 0 Å². The Hall–Kier alpha value is -2.27. The molecule has 2 aromatic rings. The summed E-state index contributed by atoms with van der Waals surface area (Å²) in [6, 6.07) is 16.9. The van der Waals surface area contributed by atoms with Gasteiger partial charge in [-0.15, -0.1) is 11.8 Å². The Bertz CT molecular complexity index is 727. The fraction of sp³-hybridized carbons (Fsp3) is 0.333. The maximum atomic E-state index is 12.5. The number of para-hydroxylation sites is 1. The zero-order valence-corrected chi connectivity index (χ0v) is 16.3. The monoisotopic (exact) mass is 371 g/mol. The Morgan fingerprint density at radius 1 is 1.04 bits per heavy atom. The third kappa shape index (κ3) is 5.92. The van der Waals surface area contributed by atoms with Crippen molar-refractivity contribution in [1.82, 2.24) is 5.32 Å². The molecule has 26 heavy (non-hydrogen) atoms. The summed E-state index contributed by atoms with van der Waals surface area (Å²) in [7, 11) is 0. The van der Waals surface area contributed by atoms with Gasteiger partial charge in [-0.3, -0.25) is 9.59 Å². The van der Waals surface area contributed by atoms with Crippen molar-refractivity contribution in [3.8, 4) is 5.75 Å². The van der Waals surface area contributed by atoms with Crippen LogP contribution in [0.1, 0.15) is 30.6 Å². The van der Waals surface area contributed by atoms with Gasteiger partial charge >= 0.3 is 0 Å². The van der Waals surface area contributed by atoms with Crippen molar-refractivity contribution < 1.29 is 14.3 Å². The summed E-state index contributed by atoms with van der Waals surface area (Å²) in [6.45, 7) is 4.35. The standard InChI is InChI=1S/C21H25NO3S/c1-21(2,15-19(23)16-9-11-18(26-3)12-10-16)20(24)22-13-14-25-17-7-5-4-6-8-17/h4-12H,13-15H2,1-3H3,(H,22,24). The predicted octanol–water partition coefficient (Wildman–Crippen LogP) is 4.20. The molecular formula is C21H25NO3S. The van der Waals surface area contributed by atoms with Gasteiger partial charge in [-0.05, 0) is 30.5 Å². The average Bonchev–Trinajstić information content (AvgIpc) is 2.65. The van der Waals surface area contributed by atoms with Crippen LogP contribution in [0.5, 0.6) is 5.75 Å². The zero-order chi connectivity index (χ0) is 19.0. The predicted molar refractivity (Wildman–Crippen MR) is 106 cm³/mol. The molecule has 0 aromatic heterocycles. The fourth-order valence-electron chi connectivity index (χ4n) is 2.45. The Labute approximate surface area is 159 Å². The number of Topliss-reactive ketones (excluding diaryl/α,β-unsaturated/α-hetero) is 1. The van der Waals surface area contributed by atoms with E-state index in [9.17, 15) is 9.59 Å². The van der Waals surface area contributed by atoms with E-state index in [1.807, 2.05) is 60.9 Å². The van der Waals surface area contributed by atoms with Gasteiger partial charge in [0.1, 0.15) is 12.4 Å². The van der Waals surface area contributed by atoms with E-state index in [1.54, 1.807) is 25.6 Å². The van der Waals surface area contributed by atoms with Gasteiger partial charge in [0.2, 0.25) is 5.91 Å². The lowest BCUT2D eigenvalue weighted by Crippen LogP contribution is -2.40. The molecule has 4 nitrogen and oxygen atoms in total. The van der Waals surface area contributed by atoms with Crippen molar-refractivity contribution in [3.05, 3.63) is 60.2 Å². The maximum absolute atomic E-state index is 12.5. The highest BCUT2D eigenvalue weighted by molar-refractivity contribution is 7.98. The number of benzene rings is 2. The van der Waals surface area contributed by atoms with Crippen LogP contribution in [0.4, 0.5) is 0 Å². The summed E-state index contributed by atoms with van der Waals surface area (Å²) >= 11 is 1.63. The molecule has 2 aromatic carbocycles. The Morgan fingerprint density at radius 2 is 1.69 bits per heavy atom. The molecule has 0 fully saturated rings. The van der Waals surface area contributed by atoms with E-state index >= 15 is 0 Å². The van der Waals surface area contributed by atoms with Crippen LogP contribution < -0.4 is 10.1 Å². The lowest BCUT2D eigenvalue weighted by atomic mass is 9.84. The largest absolute Gasteiger partial charge is 0.492 e. The number of thioether (sulfide) groups is 1. The van der Waals surface area contributed by atoms with Gasteiger partial charge in [-0.1, -0.05) is 44.2 Å². The topological polar surface area (TPSA) is 55.4 Å². The van der Waals surface area contributed by atoms with E-state index in [2.05, 4.69) is 5.32 Å². The molecule has 0 aliphatic carbocycles. The molecular weight excluding hydrogens is 346 g/mol. The van der Waals surface area contributed by atoms with E-state index < -0.39 is 5.41 Å². The number of amides is 1. The van der Waals surface area contributed by atoms with Crippen LogP contribution in [0.2, 0.25) is 0 Å². The molecule has 0 saturated heterocycles. The number of carbonyl (C=O) groups is 2. The molecule has 1 N–H and O–H groups in total. The Balaban J connectivity index is 1.81. The Kier molecular flexibility index (Phi) is 7.27. The average molecular weight is 372 g/mol. The molecule has 0 atom stereocenters. The highest BCUT2D eigenvalue weighted by Gasteiger charge is 2.30. The second-order valence-electron chi connectivity index (χ2n) is 6.63.